The Morgan fingerprint density at radius 2 is 1.57 bits per heavy atom. The van der Waals surface area contributed by atoms with Crippen molar-refractivity contribution in [3.8, 4) is 11.3 Å². The van der Waals surface area contributed by atoms with Crippen LogP contribution < -0.4 is 5.43 Å². The molecule has 0 bridgehead atoms. The summed E-state index contributed by atoms with van der Waals surface area (Å²) in [5, 5.41) is 1.10. The number of hydrogen-bond acceptors (Lipinski definition) is 2. The summed E-state index contributed by atoms with van der Waals surface area (Å²) in [5.74, 6) is 0.565. The summed E-state index contributed by atoms with van der Waals surface area (Å²) >= 11 is 5.89. The van der Waals surface area contributed by atoms with Gasteiger partial charge in [0.05, 0.1) is 11.1 Å². The minimum absolute atomic E-state index is 0. The van der Waals surface area contributed by atoms with Crippen LogP contribution in [0.15, 0.2) is 88.1 Å². The van der Waals surface area contributed by atoms with Crippen LogP contribution in [0.3, 0.4) is 0 Å². The maximum atomic E-state index is 11.9. The third-order valence-electron chi connectivity index (χ3n) is 3.19. The zero-order valence-electron chi connectivity index (χ0n) is 12.1. The fourth-order valence-corrected chi connectivity index (χ4v) is 2.29. The molecule has 0 amide bonds. The smallest absolute Gasteiger partial charge is 0.153 e. The zero-order valence-corrected chi connectivity index (χ0v) is 13.9. The Kier molecular flexibility index (Phi) is 6.00. The van der Waals surface area contributed by atoms with E-state index >= 15 is 0 Å². The summed E-state index contributed by atoms with van der Waals surface area (Å²) in [4.78, 5) is 11.9. The molecule has 0 N–H and O–H groups in total. The van der Waals surface area contributed by atoms with Gasteiger partial charge in [-0.15, -0.1) is 12.1 Å². The number of halogens is 1. The summed E-state index contributed by atoms with van der Waals surface area (Å²) in [6.45, 7) is 0. The summed E-state index contributed by atoms with van der Waals surface area (Å²) in [7, 11) is 0. The number of benzene rings is 1. The van der Waals surface area contributed by atoms with Crippen molar-refractivity contribution in [3.05, 3.63) is 94.1 Å². The van der Waals surface area contributed by atoms with Gasteiger partial charge in [0.2, 0.25) is 0 Å². The largest absolute Gasteiger partial charge is 0.748 e. The van der Waals surface area contributed by atoms with Crippen molar-refractivity contribution >= 4 is 22.6 Å². The van der Waals surface area contributed by atoms with Crippen molar-refractivity contribution in [2.24, 2.45) is 0 Å². The zero-order chi connectivity index (χ0) is 15.4. The molecule has 1 heterocycles. The van der Waals surface area contributed by atoms with Gasteiger partial charge >= 0.3 is 0 Å². The van der Waals surface area contributed by atoms with Gasteiger partial charge in [0, 0.05) is 28.2 Å². The van der Waals surface area contributed by atoms with Gasteiger partial charge in [0.1, 0.15) is 5.58 Å². The molecule has 0 aliphatic heterocycles. The maximum Gasteiger partial charge on any atom is 0.153 e. The first kappa shape index (κ1) is 17.3. The molecule has 0 atom stereocenters. The van der Waals surface area contributed by atoms with Gasteiger partial charge in [-0.1, -0.05) is 17.2 Å². The van der Waals surface area contributed by atoms with E-state index in [1.165, 1.54) is 6.07 Å². The second-order valence-electron chi connectivity index (χ2n) is 4.75. The molecule has 4 heteroatoms. The Morgan fingerprint density at radius 3 is 2.17 bits per heavy atom. The van der Waals surface area contributed by atoms with Gasteiger partial charge in [0.15, 0.2) is 5.43 Å². The number of rotatable bonds is 1. The van der Waals surface area contributed by atoms with Crippen molar-refractivity contribution in [1.82, 2.24) is 0 Å². The monoisotopic (exact) mass is 364 g/mol. The van der Waals surface area contributed by atoms with Gasteiger partial charge in [-0.25, -0.2) is 0 Å². The van der Waals surface area contributed by atoms with E-state index in [1.807, 2.05) is 54.6 Å². The fraction of sp³-hybridized carbons (Fsp3) is 0. The van der Waals surface area contributed by atoms with E-state index in [-0.39, 0.29) is 22.5 Å². The number of fused-ring (bicyclic) bond motifs is 1. The van der Waals surface area contributed by atoms with Crippen LogP contribution in [0.1, 0.15) is 0 Å². The van der Waals surface area contributed by atoms with Crippen LogP contribution in [0.5, 0.6) is 0 Å². The standard InChI is InChI=1S/C14H8ClO2.C5H5.Fe/c15-10-5-6-11-12(16)8-13(17-14(11)7-10)9-3-1-2-4-9;1-2-4-5-3-1;/h1-8H;1-5H;/q-1;-5;. The second kappa shape index (κ2) is 7.98. The predicted octanol–water partition coefficient (Wildman–Crippen LogP) is 5.24. The Balaban J connectivity index is 0.000000276. The summed E-state index contributed by atoms with van der Waals surface area (Å²) < 4.78 is 5.68. The molecule has 1 aromatic heterocycles. The molecule has 122 valence electrons. The predicted molar refractivity (Wildman–Crippen MR) is 90.6 cm³/mol. The van der Waals surface area contributed by atoms with Crippen molar-refractivity contribution in [2.75, 3.05) is 0 Å². The van der Waals surface area contributed by atoms with E-state index in [0.717, 1.165) is 5.56 Å². The van der Waals surface area contributed by atoms with Gasteiger partial charge < -0.3 is 39.5 Å². The Hall–Kier alpha value is -2.06. The van der Waals surface area contributed by atoms with Crippen molar-refractivity contribution < 1.29 is 21.5 Å². The van der Waals surface area contributed by atoms with Gasteiger partial charge in [-0.05, 0) is 18.2 Å². The fourth-order valence-electron chi connectivity index (χ4n) is 2.13. The molecule has 0 saturated heterocycles. The molecule has 0 aliphatic carbocycles. The second-order valence-corrected chi connectivity index (χ2v) is 5.19. The van der Waals surface area contributed by atoms with Crippen LogP contribution in [0, 0.1) is 0 Å². The van der Waals surface area contributed by atoms with Gasteiger partial charge in [0.25, 0.3) is 0 Å². The maximum absolute atomic E-state index is 11.9. The molecular formula is C19H13ClFeO2-6. The first-order valence-electron chi connectivity index (χ1n) is 6.86. The Labute approximate surface area is 149 Å². The molecule has 0 spiro atoms. The quantitative estimate of drug-likeness (QED) is 0.342. The molecule has 0 saturated carbocycles. The molecule has 0 aliphatic rings. The van der Waals surface area contributed by atoms with E-state index in [2.05, 4.69) is 0 Å². The first-order chi connectivity index (χ1) is 10.7. The van der Waals surface area contributed by atoms with E-state index in [4.69, 9.17) is 16.0 Å². The average Bonchev–Trinajstić information content (AvgIpc) is 3.23. The van der Waals surface area contributed by atoms with E-state index in [0.29, 0.717) is 21.8 Å². The van der Waals surface area contributed by atoms with Crippen molar-refractivity contribution in [3.63, 3.8) is 0 Å². The van der Waals surface area contributed by atoms with Crippen LogP contribution in [0.4, 0.5) is 0 Å². The van der Waals surface area contributed by atoms with Crippen LogP contribution >= 0.6 is 11.6 Å². The van der Waals surface area contributed by atoms with Gasteiger partial charge in [-0.2, -0.15) is 12.1 Å². The Bertz CT molecular complexity index is 889. The molecule has 3 aromatic carbocycles. The SMILES string of the molecule is O=c1cc(-[c-]2cccc2)oc2cc(Cl)ccc12.[Fe].[cH-]1[cH-][cH-][cH-][cH-]1. The molecule has 0 unspecified atom stereocenters. The molecule has 4 rings (SSSR count). The summed E-state index contributed by atoms with van der Waals surface area (Å²) in [6, 6.07) is 24.1. The van der Waals surface area contributed by atoms with Crippen molar-refractivity contribution in [1.29, 1.82) is 0 Å². The van der Waals surface area contributed by atoms with Crippen LogP contribution in [-0.4, -0.2) is 0 Å². The molecule has 0 radical (unpaired) electrons. The van der Waals surface area contributed by atoms with Crippen LogP contribution in [0.2, 0.25) is 5.02 Å². The molecule has 0 fully saturated rings. The van der Waals surface area contributed by atoms with Crippen LogP contribution in [0.25, 0.3) is 22.3 Å². The van der Waals surface area contributed by atoms with E-state index < -0.39 is 0 Å². The first-order valence-corrected chi connectivity index (χ1v) is 7.24. The number of hydrogen-bond donors (Lipinski definition) is 0. The normalized spacial score (nSPS) is 9.78. The minimum atomic E-state index is -0.0564. The molecule has 4 aromatic rings. The summed E-state index contributed by atoms with van der Waals surface area (Å²) in [5.41, 5.74) is 1.35. The summed E-state index contributed by atoms with van der Waals surface area (Å²) in [6.07, 6.45) is 0. The minimum Gasteiger partial charge on any atom is -0.748 e. The van der Waals surface area contributed by atoms with E-state index in [9.17, 15) is 4.79 Å². The third kappa shape index (κ3) is 4.23. The Morgan fingerprint density at radius 1 is 0.957 bits per heavy atom. The van der Waals surface area contributed by atoms with E-state index in [1.54, 1.807) is 18.2 Å². The topological polar surface area (TPSA) is 30.2 Å². The van der Waals surface area contributed by atoms with Crippen LogP contribution in [-0.2, 0) is 17.1 Å². The molecule has 23 heavy (non-hydrogen) atoms. The average molecular weight is 365 g/mol. The third-order valence-corrected chi connectivity index (χ3v) is 3.43. The van der Waals surface area contributed by atoms with Crippen molar-refractivity contribution in [2.45, 2.75) is 0 Å². The molecule has 2 nitrogen and oxygen atoms in total. The molecular weight excluding hydrogens is 352 g/mol. The van der Waals surface area contributed by atoms with Gasteiger partial charge in [-0.3, -0.25) is 0 Å².